The predicted octanol–water partition coefficient (Wildman–Crippen LogP) is 4.23. The van der Waals surface area contributed by atoms with Crippen LogP contribution in [0.5, 0.6) is 5.75 Å². The number of aryl methyl sites for hydroxylation is 1. The van der Waals surface area contributed by atoms with E-state index in [1.807, 2.05) is 67.6 Å². The van der Waals surface area contributed by atoms with Gasteiger partial charge in [-0.3, -0.25) is 9.59 Å². The van der Waals surface area contributed by atoms with Crippen molar-refractivity contribution < 1.29 is 14.3 Å². The molecule has 3 rings (SSSR count). The standard InChI is InChI=1S/C24H26N2O3/c1-3-13-29-20-11-12-22(17(2)14-20)26-24(28)16-25-23(27)15-19-9-6-8-18-7-4-5-10-21(18)19/h4-12,14H,3,13,15-16H2,1-2H3,(H,25,27)(H,26,28). The molecule has 0 aliphatic heterocycles. The fraction of sp³-hybridized carbons (Fsp3) is 0.250. The van der Waals surface area contributed by atoms with Crippen molar-refractivity contribution in [3.8, 4) is 5.75 Å². The normalized spacial score (nSPS) is 10.6. The molecule has 0 aliphatic carbocycles. The maximum atomic E-state index is 12.3. The van der Waals surface area contributed by atoms with Crippen LogP contribution in [0.25, 0.3) is 10.8 Å². The Hall–Kier alpha value is -3.34. The SMILES string of the molecule is CCCOc1ccc(NC(=O)CNC(=O)Cc2cccc3ccccc23)c(C)c1. The van der Waals surface area contributed by atoms with Crippen LogP contribution < -0.4 is 15.4 Å². The first-order valence-electron chi connectivity index (χ1n) is 9.83. The Morgan fingerprint density at radius 1 is 0.966 bits per heavy atom. The van der Waals surface area contributed by atoms with Gasteiger partial charge in [-0.05, 0) is 53.4 Å². The average Bonchev–Trinajstić information content (AvgIpc) is 2.73. The van der Waals surface area contributed by atoms with E-state index < -0.39 is 0 Å². The second kappa shape index (κ2) is 9.73. The molecule has 0 bridgehead atoms. The molecule has 0 saturated heterocycles. The number of rotatable bonds is 8. The molecule has 150 valence electrons. The van der Waals surface area contributed by atoms with Crippen molar-refractivity contribution >= 4 is 28.3 Å². The Balaban J connectivity index is 1.53. The maximum Gasteiger partial charge on any atom is 0.243 e. The number of carbonyl (C=O) groups is 2. The highest BCUT2D eigenvalue weighted by Crippen LogP contribution is 2.21. The van der Waals surface area contributed by atoms with Gasteiger partial charge in [0.2, 0.25) is 11.8 Å². The molecule has 0 atom stereocenters. The van der Waals surface area contributed by atoms with E-state index in [9.17, 15) is 9.59 Å². The first-order valence-corrected chi connectivity index (χ1v) is 9.83. The third-order valence-electron chi connectivity index (χ3n) is 4.62. The van der Waals surface area contributed by atoms with Crippen molar-refractivity contribution in [3.63, 3.8) is 0 Å². The van der Waals surface area contributed by atoms with Crippen LogP contribution in [0.4, 0.5) is 5.69 Å². The molecule has 0 radical (unpaired) electrons. The number of anilines is 1. The molecule has 0 saturated carbocycles. The first kappa shape index (κ1) is 20.4. The van der Waals surface area contributed by atoms with Crippen molar-refractivity contribution in [3.05, 3.63) is 71.8 Å². The van der Waals surface area contributed by atoms with E-state index in [-0.39, 0.29) is 24.8 Å². The molecule has 0 aromatic heterocycles. The molecule has 2 amide bonds. The van der Waals surface area contributed by atoms with Gasteiger partial charge < -0.3 is 15.4 Å². The van der Waals surface area contributed by atoms with Gasteiger partial charge in [0.15, 0.2) is 0 Å². The molecule has 29 heavy (non-hydrogen) atoms. The molecular formula is C24H26N2O3. The highest BCUT2D eigenvalue weighted by atomic mass is 16.5. The van der Waals surface area contributed by atoms with Crippen LogP contribution in [0.3, 0.4) is 0 Å². The van der Waals surface area contributed by atoms with Gasteiger partial charge in [-0.25, -0.2) is 0 Å². The molecule has 5 nitrogen and oxygen atoms in total. The summed E-state index contributed by atoms with van der Waals surface area (Å²) < 4.78 is 5.59. The number of fused-ring (bicyclic) bond motifs is 1. The Morgan fingerprint density at radius 3 is 2.55 bits per heavy atom. The molecular weight excluding hydrogens is 364 g/mol. The van der Waals surface area contributed by atoms with Gasteiger partial charge in [0.1, 0.15) is 5.75 Å². The molecule has 0 spiro atoms. The average molecular weight is 390 g/mol. The van der Waals surface area contributed by atoms with Gasteiger partial charge in [-0.15, -0.1) is 0 Å². The fourth-order valence-corrected chi connectivity index (χ4v) is 3.14. The van der Waals surface area contributed by atoms with Crippen molar-refractivity contribution in [1.82, 2.24) is 5.32 Å². The number of nitrogens with one attached hydrogen (secondary N) is 2. The van der Waals surface area contributed by atoms with E-state index in [0.717, 1.165) is 34.1 Å². The predicted molar refractivity (Wildman–Crippen MR) is 116 cm³/mol. The van der Waals surface area contributed by atoms with Crippen molar-refractivity contribution in [1.29, 1.82) is 0 Å². The summed E-state index contributed by atoms with van der Waals surface area (Å²) in [5, 5.41) is 7.68. The van der Waals surface area contributed by atoms with Crippen LogP contribution in [0.1, 0.15) is 24.5 Å². The highest BCUT2D eigenvalue weighted by molar-refractivity contribution is 5.96. The monoisotopic (exact) mass is 390 g/mol. The Kier molecular flexibility index (Phi) is 6.85. The zero-order valence-electron chi connectivity index (χ0n) is 16.8. The van der Waals surface area contributed by atoms with E-state index >= 15 is 0 Å². The van der Waals surface area contributed by atoms with Gasteiger partial charge in [0, 0.05) is 5.69 Å². The molecule has 2 N–H and O–H groups in total. The Labute approximate surface area is 171 Å². The summed E-state index contributed by atoms with van der Waals surface area (Å²) in [4.78, 5) is 24.6. The van der Waals surface area contributed by atoms with E-state index in [1.54, 1.807) is 0 Å². The topological polar surface area (TPSA) is 67.4 Å². The van der Waals surface area contributed by atoms with Gasteiger partial charge in [0.25, 0.3) is 0 Å². The van der Waals surface area contributed by atoms with E-state index in [1.165, 1.54) is 0 Å². The largest absolute Gasteiger partial charge is 0.494 e. The molecule has 3 aromatic rings. The molecule has 0 aliphatic rings. The summed E-state index contributed by atoms with van der Waals surface area (Å²) in [5.41, 5.74) is 2.57. The van der Waals surface area contributed by atoms with Crippen LogP contribution in [0.15, 0.2) is 60.7 Å². The summed E-state index contributed by atoms with van der Waals surface area (Å²) in [5.74, 6) is 0.337. The summed E-state index contributed by atoms with van der Waals surface area (Å²) in [6.07, 6.45) is 1.17. The van der Waals surface area contributed by atoms with Crippen molar-refractivity contribution in [2.45, 2.75) is 26.7 Å². The minimum atomic E-state index is -0.262. The zero-order chi connectivity index (χ0) is 20.6. The van der Waals surface area contributed by atoms with Crippen LogP contribution in [-0.2, 0) is 16.0 Å². The zero-order valence-corrected chi connectivity index (χ0v) is 16.8. The third-order valence-corrected chi connectivity index (χ3v) is 4.62. The van der Waals surface area contributed by atoms with Crippen LogP contribution in [0, 0.1) is 6.92 Å². The quantitative estimate of drug-likeness (QED) is 0.605. The third kappa shape index (κ3) is 5.57. The lowest BCUT2D eigenvalue weighted by atomic mass is 10.0. The fourth-order valence-electron chi connectivity index (χ4n) is 3.14. The van der Waals surface area contributed by atoms with E-state index in [4.69, 9.17) is 4.74 Å². The maximum absolute atomic E-state index is 12.3. The van der Waals surface area contributed by atoms with Crippen LogP contribution in [0.2, 0.25) is 0 Å². The highest BCUT2D eigenvalue weighted by Gasteiger charge is 2.10. The number of amides is 2. The molecule has 0 heterocycles. The minimum absolute atomic E-state index is 0.0723. The van der Waals surface area contributed by atoms with E-state index in [0.29, 0.717) is 12.3 Å². The Bertz CT molecular complexity index is 1010. The smallest absolute Gasteiger partial charge is 0.243 e. The lowest BCUT2D eigenvalue weighted by Crippen LogP contribution is -2.33. The van der Waals surface area contributed by atoms with Gasteiger partial charge in [-0.1, -0.05) is 49.4 Å². The Morgan fingerprint density at radius 2 is 1.76 bits per heavy atom. The number of benzene rings is 3. The minimum Gasteiger partial charge on any atom is -0.494 e. The number of carbonyl (C=O) groups excluding carboxylic acids is 2. The summed E-state index contributed by atoms with van der Waals surface area (Å²) in [7, 11) is 0. The van der Waals surface area contributed by atoms with Crippen LogP contribution >= 0.6 is 0 Å². The van der Waals surface area contributed by atoms with Crippen LogP contribution in [-0.4, -0.2) is 25.0 Å². The second-order valence-corrected chi connectivity index (χ2v) is 6.97. The van der Waals surface area contributed by atoms with Crippen molar-refractivity contribution in [2.24, 2.45) is 0 Å². The molecule has 5 heteroatoms. The number of hydrogen-bond acceptors (Lipinski definition) is 3. The van der Waals surface area contributed by atoms with E-state index in [2.05, 4.69) is 17.6 Å². The molecule has 0 unspecified atom stereocenters. The molecule has 0 fully saturated rings. The van der Waals surface area contributed by atoms with Crippen molar-refractivity contribution in [2.75, 3.05) is 18.5 Å². The second-order valence-electron chi connectivity index (χ2n) is 6.97. The summed E-state index contributed by atoms with van der Waals surface area (Å²) in [6.45, 7) is 4.55. The number of ether oxygens (including phenoxy) is 1. The lowest BCUT2D eigenvalue weighted by molar-refractivity contribution is -0.123. The summed E-state index contributed by atoms with van der Waals surface area (Å²) in [6, 6.07) is 19.4. The first-order chi connectivity index (χ1) is 14.1. The van der Waals surface area contributed by atoms with Gasteiger partial charge in [0.05, 0.1) is 19.6 Å². The van der Waals surface area contributed by atoms with Gasteiger partial charge >= 0.3 is 0 Å². The van der Waals surface area contributed by atoms with Gasteiger partial charge in [-0.2, -0.15) is 0 Å². The number of hydrogen-bond donors (Lipinski definition) is 2. The molecule has 3 aromatic carbocycles. The summed E-state index contributed by atoms with van der Waals surface area (Å²) >= 11 is 0. The lowest BCUT2D eigenvalue weighted by Gasteiger charge is -2.12.